The fourth-order valence-corrected chi connectivity index (χ4v) is 9.94. The van der Waals surface area contributed by atoms with Gasteiger partial charge in [-0.2, -0.15) is 0 Å². The highest BCUT2D eigenvalue weighted by Gasteiger charge is 2.23. The molecule has 14 rings (SSSR count). The van der Waals surface area contributed by atoms with Gasteiger partial charge in [-0.05, 0) is 81.7 Å². The minimum absolute atomic E-state index is 0.552. The fourth-order valence-electron chi connectivity index (χ4n) is 9.94. The number of nitrogens with zero attached hydrogens (tertiary/aromatic N) is 4. The van der Waals surface area contributed by atoms with Crippen molar-refractivity contribution in [1.29, 1.82) is 0 Å². The first-order valence-electron chi connectivity index (χ1n) is 21.8. The summed E-state index contributed by atoms with van der Waals surface area (Å²) < 4.78 is 15.7. The summed E-state index contributed by atoms with van der Waals surface area (Å²) in [5.74, 6) is 1.68. The molecule has 14 aromatic rings. The molecule has 0 saturated heterocycles. The smallest absolute Gasteiger partial charge is 0.164 e. The van der Waals surface area contributed by atoms with Gasteiger partial charge in [0.05, 0.1) is 16.7 Å². The van der Waals surface area contributed by atoms with Crippen LogP contribution in [0.15, 0.2) is 215 Å². The molecule has 0 atom stereocenters. The second-order valence-electron chi connectivity index (χ2n) is 16.8. The lowest BCUT2D eigenvalue weighted by molar-refractivity contribution is 0.668. The van der Waals surface area contributed by atoms with Crippen molar-refractivity contribution in [2.45, 2.75) is 0 Å². The van der Waals surface area contributed by atoms with Crippen LogP contribution in [-0.4, -0.2) is 19.5 Å². The number of para-hydroxylation sites is 2. The maximum Gasteiger partial charge on any atom is 0.164 e. The Hall–Kier alpha value is -8.87. The highest BCUT2D eigenvalue weighted by molar-refractivity contribution is 6.17. The molecule has 4 aromatic heterocycles. The number of aromatic nitrogens is 4. The Bertz CT molecular complexity index is 4250. The molecule has 0 spiro atoms. The van der Waals surface area contributed by atoms with Crippen LogP contribution < -0.4 is 0 Å². The third kappa shape index (κ3) is 5.57. The summed E-state index contributed by atoms with van der Waals surface area (Å²) in [6.45, 7) is 0. The van der Waals surface area contributed by atoms with Gasteiger partial charge in [-0.25, -0.2) is 15.0 Å². The van der Waals surface area contributed by atoms with E-state index in [9.17, 15) is 0 Å². The highest BCUT2D eigenvalue weighted by atomic mass is 16.3. The van der Waals surface area contributed by atoms with E-state index in [1.54, 1.807) is 0 Å². The van der Waals surface area contributed by atoms with Crippen molar-refractivity contribution < 1.29 is 8.83 Å². The molecule has 6 heteroatoms. The SMILES string of the molecule is c1ccc(-c2cc3c(cc2-n2c4ccccc4c4cc5ccccc5cc42)oc2cccc(-c4nc(-c5ccc6ccccc6c5)nc(-c5ccc6c(c5)oc5ccccc56)n4)c23)cc1. The molecular formula is C59H34N4O2. The van der Waals surface area contributed by atoms with Crippen molar-refractivity contribution in [1.82, 2.24) is 19.5 Å². The standard InChI is InChI=1S/C59H34N4O2/c1-2-14-36(15-3-1)46-33-48-55(34-51(46)63-49-22-10-8-19-42(49)47-30-38-17-6-7-18-39(38)31-50(47)63)65-53-24-12-21-45(56(48)53)59-61-57(40-26-25-35-13-4-5-16-37(35)29-40)60-58(62-59)41-27-28-44-43-20-9-11-23-52(43)64-54(44)32-41/h1-34H. The van der Waals surface area contributed by atoms with Gasteiger partial charge >= 0.3 is 0 Å². The van der Waals surface area contributed by atoms with Crippen LogP contribution in [0.5, 0.6) is 0 Å². The van der Waals surface area contributed by atoms with E-state index in [0.29, 0.717) is 17.5 Å². The summed E-state index contributed by atoms with van der Waals surface area (Å²) in [4.78, 5) is 15.7. The van der Waals surface area contributed by atoms with Crippen LogP contribution in [0.25, 0.3) is 138 Å². The van der Waals surface area contributed by atoms with E-state index in [4.69, 9.17) is 23.8 Å². The number of hydrogen-bond donors (Lipinski definition) is 0. The van der Waals surface area contributed by atoms with Crippen LogP contribution in [0.4, 0.5) is 0 Å². The van der Waals surface area contributed by atoms with Crippen molar-refractivity contribution >= 4 is 87.2 Å². The molecule has 10 aromatic carbocycles. The Balaban J connectivity index is 1.02. The maximum absolute atomic E-state index is 6.90. The van der Waals surface area contributed by atoms with Gasteiger partial charge in [0.15, 0.2) is 17.5 Å². The van der Waals surface area contributed by atoms with Crippen LogP contribution in [0.2, 0.25) is 0 Å². The summed E-state index contributed by atoms with van der Waals surface area (Å²) >= 11 is 0. The first-order valence-corrected chi connectivity index (χ1v) is 21.8. The minimum atomic E-state index is 0.552. The molecule has 302 valence electrons. The monoisotopic (exact) mass is 830 g/mol. The maximum atomic E-state index is 6.90. The van der Waals surface area contributed by atoms with Gasteiger partial charge in [0.1, 0.15) is 22.3 Å². The van der Waals surface area contributed by atoms with Gasteiger partial charge in [0.2, 0.25) is 0 Å². The third-order valence-electron chi connectivity index (χ3n) is 13.0. The number of rotatable bonds is 5. The molecule has 0 unspecified atom stereocenters. The van der Waals surface area contributed by atoms with Crippen LogP contribution >= 0.6 is 0 Å². The summed E-state index contributed by atoms with van der Waals surface area (Å²) in [6, 6.07) is 72.3. The Morgan fingerprint density at radius 3 is 1.77 bits per heavy atom. The van der Waals surface area contributed by atoms with Crippen LogP contribution in [0.3, 0.4) is 0 Å². The van der Waals surface area contributed by atoms with Crippen molar-refractivity contribution in [2.75, 3.05) is 0 Å². The third-order valence-corrected chi connectivity index (χ3v) is 13.0. The zero-order chi connectivity index (χ0) is 42.6. The largest absolute Gasteiger partial charge is 0.456 e. The Morgan fingerprint density at radius 1 is 0.308 bits per heavy atom. The van der Waals surface area contributed by atoms with Crippen molar-refractivity contribution in [3.05, 3.63) is 206 Å². The van der Waals surface area contributed by atoms with E-state index >= 15 is 0 Å². The molecule has 0 N–H and O–H groups in total. The number of hydrogen-bond acceptors (Lipinski definition) is 5. The Labute approximate surface area is 371 Å². The Kier molecular flexibility index (Phi) is 7.59. The normalized spacial score (nSPS) is 12.0. The predicted octanol–water partition coefficient (Wildman–Crippen LogP) is 15.7. The lowest BCUT2D eigenvalue weighted by atomic mass is 9.98. The zero-order valence-electron chi connectivity index (χ0n) is 34.7. The van der Waals surface area contributed by atoms with E-state index in [-0.39, 0.29) is 0 Å². The Morgan fingerprint density at radius 2 is 0.923 bits per heavy atom. The number of benzene rings is 10. The molecule has 0 fully saturated rings. The van der Waals surface area contributed by atoms with E-state index in [2.05, 4.69) is 174 Å². The molecule has 0 aliphatic heterocycles. The summed E-state index contributed by atoms with van der Waals surface area (Å²) in [6.07, 6.45) is 0. The van der Waals surface area contributed by atoms with Gasteiger partial charge in [-0.3, -0.25) is 0 Å². The summed E-state index contributed by atoms with van der Waals surface area (Å²) in [7, 11) is 0. The van der Waals surface area contributed by atoms with Gasteiger partial charge in [0, 0.05) is 60.6 Å². The summed E-state index contributed by atoms with van der Waals surface area (Å²) in [5, 5.41) is 11.1. The molecule has 65 heavy (non-hydrogen) atoms. The van der Waals surface area contributed by atoms with Crippen LogP contribution in [-0.2, 0) is 0 Å². The summed E-state index contributed by atoms with van der Waals surface area (Å²) in [5.41, 5.74) is 11.2. The first kappa shape index (κ1) is 35.7. The molecular weight excluding hydrogens is 797 g/mol. The molecule has 0 aliphatic carbocycles. The van der Waals surface area contributed by atoms with Crippen LogP contribution in [0, 0.1) is 0 Å². The van der Waals surface area contributed by atoms with E-state index in [0.717, 1.165) is 99.2 Å². The van der Waals surface area contributed by atoms with E-state index in [1.165, 1.54) is 21.5 Å². The molecule has 0 saturated carbocycles. The van der Waals surface area contributed by atoms with E-state index in [1.807, 2.05) is 36.4 Å². The quantitative estimate of drug-likeness (QED) is 0.173. The van der Waals surface area contributed by atoms with Crippen molar-refractivity contribution in [3.63, 3.8) is 0 Å². The van der Waals surface area contributed by atoms with Crippen molar-refractivity contribution in [2.24, 2.45) is 0 Å². The van der Waals surface area contributed by atoms with Crippen molar-refractivity contribution in [3.8, 4) is 51.0 Å². The van der Waals surface area contributed by atoms with Gasteiger partial charge in [-0.15, -0.1) is 0 Å². The van der Waals surface area contributed by atoms with Gasteiger partial charge in [0.25, 0.3) is 0 Å². The predicted molar refractivity (Wildman–Crippen MR) is 265 cm³/mol. The lowest BCUT2D eigenvalue weighted by Gasteiger charge is -2.15. The molecule has 6 nitrogen and oxygen atoms in total. The average Bonchev–Trinajstić information content (AvgIpc) is 4.04. The van der Waals surface area contributed by atoms with Crippen LogP contribution in [0.1, 0.15) is 0 Å². The minimum Gasteiger partial charge on any atom is -0.456 e. The zero-order valence-corrected chi connectivity index (χ0v) is 34.7. The van der Waals surface area contributed by atoms with Gasteiger partial charge in [-0.1, -0.05) is 146 Å². The molecule has 0 amide bonds. The highest BCUT2D eigenvalue weighted by Crippen LogP contribution is 2.44. The van der Waals surface area contributed by atoms with E-state index < -0.39 is 0 Å². The average molecular weight is 831 g/mol. The molecule has 0 aliphatic rings. The topological polar surface area (TPSA) is 69.9 Å². The fraction of sp³-hybridized carbons (Fsp3) is 0. The second-order valence-corrected chi connectivity index (χ2v) is 16.8. The lowest BCUT2D eigenvalue weighted by Crippen LogP contribution is -2.00. The molecule has 0 bridgehead atoms. The first-order chi connectivity index (χ1) is 32.2. The number of furan rings is 2. The second kappa shape index (κ2) is 13.8. The molecule has 0 radical (unpaired) electrons. The van der Waals surface area contributed by atoms with Gasteiger partial charge < -0.3 is 13.4 Å². The number of fused-ring (bicyclic) bond motifs is 11. The molecule has 4 heterocycles.